The second-order valence-electron chi connectivity index (χ2n) is 5.16. The Balaban J connectivity index is 2.10. The molecule has 1 aromatic heterocycles. The van der Waals surface area contributed by atoms with E-state index in [0.717, 1.165) is 10.2 Å². The number of ether oxygens (including phenoxy) is 1. The third-order valence-corrected chi connectivity index (χ3v) is 5.25. The van der Waals surface area contributed by atoms with E-state index in [1.807, 2.05) is 0 Å². The Hall–Kier alpha value is -2.15. The lowest BCUT2D eigenvalue weighted by Gasteiger charge is -2.00. The Bertz CT molecular complexity index is 1070. The van der Waals surface area contributed by atoms with Crippen molar-refractivity contribution in [3.05, 3.63) is 62.4 Å². The van der Waals surface area contributed by atoms with Crippen molar-refractivity contribution in [2.75, 3.05) is 7.11 Å². The zero-order valence-electron chi connectivity index (χ0n) is 13.2. The molecule has 3 rings (SSSR count). The van der Waals surface area contributed by atoms with Gasteiger partial charge in [-0.25, -0.2) is 4.79 Å². The topological polar surface area (TPSA) is 60.7 Å². The van der Waals surface area contributed by atoms with E-state index in [4.69, 9.17) is 27.9 Å². The van der Waals surface area contributed by atoms with Crippen molar-refractivity contribution in [3.63, 3.8) is 0 Å². The van der Waals surface area contributed by atoms with Gasteiger partial charge >= 0.3 is 5.97 Å². The van der Waals surface area contributed by atoms with Gasteiger partial charge in [-0.05, 0) is 36.4 Å². The summed E-state index contributed by atoms with van der Waals surface area (Å²) < 4.78 is 7.31. The molecule has 25 heavy (non-hydrogen) atoms. The average molecular weight is 395 g/mol. The number of fused-ring (bicyclic) bond motifs is 1. The van der Waals surface area contributed by atoms with Gasteiger partial charge in [-0.2, -0.15) is 4.99 Å². The Morgan fingerprint density at radius 3 is 2.64 bits per heavy atom. The minimum atomic E-state index is -0.483. The zero-order chi connectivity index (χ0) is 18.1. The van der Waals surface area contributed by atoms with Crippen LogP contribution in [0.1, 0.15) is 20.7 Å². The van der Waals surface area contributed by atoms with Gasteiger partial charge in [-0.3, -0.25) is 4.79 Å². The molecule has 0 N–H and O–H groups in total. The average Bonchev–Trinajstić information content (AvgIpc) is 2.91. The molecule has 0 aliphatic rings. The number of hydrogen-bond acceptors (Lipinski definition) is 4. The van der Waals surface area contributed by atoms with Crippen molar-refractivity contribution in [2.45, 2.75) is 0 Å². The van der Waals surface area contributed by atoms with Crippen molar-refractivity contribution in [1.29, 1.82) is 0 Å². The molecule has 0 unspecified atom stereocenters. The molecule has 3 aromatic rings. The number of carbonyl (C=O) groups is 2. The number of nitrogens with zero attached hydrogens (tertiary/aromatic N) is 2. The number of rotatable bonds is 2. The van der Waals surface area contributed by atoms with E-state index in [2.05, 4.69) is 4.99 Å². The van der Waals surface area contributed by atoms with E-state index in [9.17, 15) is 9.59 Å². The summed E-state index contributed by atoms with van der Waals surface area (Å²) in [6.07, 6.45) is 0. The summed E-state index contributed by atoms with van der Waals surface area (Å²) in [5.74, 6) is -0.902. The molecule has 0 aliphatic heterocycles. The Morgan fingerprint density at radius 2 is 1.92 bits per heavy atom. The number of aryl methyl sites for hydroxylation is 1. The third-order valence-electron chi connectivity index (χ3n) is 3.59. The smallest absolute Gasteiger partial charge is 0.337 e. The Labute approximate surface area is 157 Å². The van der Waals surface area contributed by atoms with Gasteiger partial charge in [0.2, 0.25) is 0 Å². The SMILES string of the molecule is COC(=O)c1ccc2c(c1)sc(=NC(=O)c1cc(Cl)ccc1Cl)n2C. The molecule has 0 radical (unpaired) electrons. The van der Waals surface area contributed by atoms with Gasteiger partial charge in [0.05, 0.1) is 33.5 Å². The number of carbonyl (C=O) groups excluding carboxylic acids is 2. The van der Waals surface area contributed by atoms with Crippen molar-refractivity contribution in [3.8, 4) is 0 Å². The van der Waals surface area contributed by atoms with Crippen LogP contribution in [-0.4, -0.2) is 23.6 Å². The summed E-state index contributed by atoms with van der Waals surface area (Å²) in [5, 5.41) is 0.696. The van der Waals surface area contributed by atoms with Gasteiger partial charge in [0.25, 0.3) is 5.91 Å². The molecule has 0 atom stereocenters. The molecule has 5 nitrogen and oxygen atoms in total. The van der Waals surface area contributed by atoms with Gasteiger partial charge in [0, 0.05) is 12.1 Å². The molecule has 0 bridgehead atoms. The standard InChI is InChI=1S/C17H12Cl2N2O3S/c1-21-13-6-3-9(16(23)24-2)7-14(13)25-17(21)20-15(22)11-8-10(18)4-5-12(11)19/h3-8H,1-2H3. The molecule has 0 fully saturated rings. The molecule has 0 saturated heterocycles. The van der Waals surface area contributed by atoms with Gasteiger partial charge < -0.3 is 9.30 Å². The fraction of sp³-hybridized carbons (Fsp3) is 0.118. The summed E-state index contributed by atoms with van der Waals surface area (Å²) in [6, 6.07) is 9.81. The van der Waals surface area contributed by atoms with Gasteiger partial charge in [-0.1, -0.05) is 34.5 Å². The number of benzene rings is 2. The van der Waals surface area contributed by atoms with E-state index in [1.54, 1.807) is 41.9 Å². The number of thiazole rings is 1. The molecule has 2 aromatic carbocycles. The first-order valence-electron chi connectivity index (χ1n) is 7.12. The van der Waals surface area contributed by atoms with E-state index in [1.165, 1.54) is 24.5 Å². The number of amides is 1. The van der Waals surface area contributed by atoms with Gasteiger partial charge in [0.1, 0.15) is 0 Å². The third kappa shape index (κ3) is 3.46. The Morgan fingerprint density at radius 1 is 1.16 bits per heavy atom. The maximum absolute atomic E-state index is 12.4. The van der Waals surface area contributed by atoms with Crippen LogP contribution in [0.2, 0.25) is 10.0 Å². The van der Waals surface area contributed by atoms with Crippen LogP contribution in [0.5, 0.6) is 0 Å². The van der Waals surface area contributed by atoms with E-state index < -0.39 is 11.9 Å². The number of hydrogen-bond donors (Lipinski definition) is 0. The maximum atomic E-state index is 12.4. The molecular weight excluding hydrogens is 383 g/mol. The molecule has 128 valence electrons. The molecule has 0 aliphatic carbocycles. The highest BCUT2D eigenvalue weighted by Gasteiger charge is 2.13. The normalized spacial score (nSPS) is 11.8. The first kappa shape index (κ1) is 17.7. The quantitative estimate of drug-likeness (QED) is 0.615. The first-order chi connectivity index (χ1) is 11.9. The molecule has 1 heterocycles. The number of esters is 1. The second kappa shape index (κ2) is 7.00. The maximum Gasteiger partial charge on any atom is 0.337 e. The van der Waals surface area contributed by atoms with Gasteiger partial charge in [0.15, 0.2) is 4.80 Å². The van der Waals surface area contributed by atoms with Gasteiger partial charge in [-0.15, -0.1) is 0 Å². The first-order valence-corrected chi connectivity index (χ1v) is 8.70. The predicted molar refractivity (Wildman–Crippen MR) is 98.5 cm³/mol. The molecule has 8 heteroatoms. The lowest BCUT2D eigenvalue weighted by atomic mass is 10.2. The summed E-state index contributed by atoms with van der Waals surface area (Å²) in [6.45, 7) is 0. The monoisotopic (exact) mass is 394 g/mol. The van der Waals surface area contributed by atoms with E-state index >= 15 is 0 Å². The van der Waals surface area contributed by atoms with Crippen LogP contribution in [0.25, 0.3) is 10.2 Å². The summed E-state index contributed by atoms with van der Waals surface area (Å²) in [4.78, 5) is 28.7. The summed E-state index contributed by atoms with van der Waals surface area (Å²) in [5.41, 5.74) is 1.52. The van der Waals surface area contributed by atoms with Crippen LogP contribution < -0.4 is 4.80 Å². The fourth-order valence-electron chi connectivity index (χ4n) is 2.29. The number of methoxy groups -OCH3 is 1. The van der Waals surface area contributed by atoms with Crippen LogP contribution >= 0.6 is 34.5 Å². The lowest BCUT2D eigenvalue weighted by Crippen LogP contribution is -2.13. The van der Waals surface area contributed by atoms with E-state index in [0.29, 0.717) is 15.4 Å². The van der Waals surface area contributed by atoms with Crippen LogP contribution in [0, 0.1) is 0 Å². The predicted octanol–water partition coefficient (Wildman–Crippen LogP) is 4.07. The van der Waals surface area contributed by atoms with Crippen molar-refractivity contribution < 1.29 is 14.3 Å². The second-order valence-corrected chi connectivity index (χ2v) is 7.01. The highest BCUT2D eigenvalue weighted by molar-refractivity contribution is 7.16. The van der Waals surface area contributed by atoms with E-state index in [-0.39, 0.29) is 10.6 Å². The largest absolute Gasteiger partial charge is 0.465 e. The van der Waals surface area contributed by atoms with Crippen molar-refractivity contribution in [2.24, 2.45) is 12.0 Å². The molecule has 0 saturated carbocycles. The summed E-state index contributed by atoms with van der Waals surface area (Å²) >= 11 is 13.3. The summed E-state index contributed by atoms with van der Waals surface area (Å²) in [7, 11) is 3.12. The van der Waals surface area contributed by atoms with Crippen molar-refractivity contribution in [1.82, 2.24) is 4.57 Å². The molecule has 1 amide bonds. The van der Waals surface area contributed by atoms with Crippen LogP contribution in [0.3, 0.4) is 0 Å². The highest BCUT2D eigenvalue weighted by atomic mass is 35.5. The molecule has 0 spiro atoms. The van der Waals surface area contributed by atoms with Crippen LogP contribution in [0.4, 0.5) is 0 Å². The highest BCUT2D eigenvalue weighted by Crippen LogP contribution is 2.22. The number of halogens is 2. The Kier molecular flexibility index (Phi) is 4.94. The van der Waals surface area contributed by atoms with Crippen LogP contribution in [0.15, 0.2) is 41.4 Å². The minimum absolute atomic E-state index is 0.238. The molecular formula is C17H12Cl2N2O3S. The number of aromatic nitrogens is 1. The minimum Gasteiger partial charge on any atom is -0.465 e. The lowest BCUT2D eigenvalue weighted by molar-refractivity contribution is 0.0601. The fourth-order valence-corrected chi connectivity index (χ4v) is 3.72. The zero-order valence-corrected chi connectivity index (χ0v) is 15.6. The van der Waals surface area contributed by atoms with Crippen LogP contribution in [-0.2, 0) is 11.8 Å². The van der Waals surface area contributed by atoms with Crippen molar-refractivity contribution >= 4 is 56.6 Å².